The molecule has 0 spiro atoms. The van der Waals surface area contributed by atoms with Crippen molar-refractivity contribution in [1.29, 1.82) is 0 Å². The molecular weight excluding hydrogens is 320 g/mol. The van der Waals surface area contributed by atoms with Crippen LogP contribution in [-0.4, -0.2) is 47.2 Å². The van der Waals surface area contributed by atoms with Gasteiger partial charge < -0.3 is 9.64 Å². The number of quaternary nitrogens is 1. The van der Waals surface area contributed by atoms with E-state index in [0.29, 0.717) is 5.69 Å². The molecule has 2 heterocycles. The van der Waals surface area contributed by atoms with Gasteiger partial charge in [-0.1, -0.05) is 30.3 Å². The molecule has 3 N–H and O–H groups in total. The minimum atomic E-state index is -0.274. The molecule has 0 radical (unpaired) electrons. The molecule has 8 heteroatoms. The van der Waals surface area contributed by atoms with Crippen LogP contribution in [0.5, 0.6) is 0 Å². The van der Waals surface area contributed by atoms with E-state index < -0.39 is 0 Å². The van der Waals surface area contributed by atoms with Gasteiger partial charge in [-0.05, 0) is 13.8 Å². The van der Waals surface area contributed by atoms with Crippen molar-refractivity contribution in [3.05, 3.63) is 51.9 Å². The van der Waals surface area contributed by atoms with Crippen LogP contribution in [0, 0.1) is 6.92 Å². The van der Waals surface area contributed by atoms with Crippen molar-refractivity contribution in [2.45, 2.75) is 19.9 Å². The van der Waals surface area contributed by atoms with Crippen molar-refractivity contribution in [3.63, 3.8) is 0 Å². The molecule has 1 saturated heterocycles. The van der Waals surface area contributed by atoms with Gasteiger partial charge in [0.15, 0.2) is 6.04 Å². The number of nitrogens with zero attached hydrogens (tertiary/aromatic N) is 3. The molecule has 0 aliphatic carbocycles. The lowest BCUT2D eigenvalue weighted by atomic mass is 10.0. The van der Waals surface area contributed by atoms with E-state index in [0.717, 1.165) is 32.0 Å². The summed E-state index contributed by atoms with van der Waals surface area (Å²) in [6.45, 7) is 6.93. The van der Waals surface area contributed by atoms with Crippen molar-refractivity contribution in [1.82, 2.24) is 15.2 Å². The molecule has 1 aliphatic rings. The number of morpholine rings is 1. The smallest absolute Gasteiger partial charge is 0.274 e. The van der Waals surface area contributed by atoms with E-state index in [4.69, 9.17) is 4.74 Å². The highest BCUT2D eigenvalue weighted by Gasteiger charge is 2.29. The van der Waals surface area contributed by atoms with Crippen LogP contribution in [0.25, 0.3) is 0 Å². The normalized spacial score (nSPS) is 17.3. The summed E-state index contributed by atoms with van der Waals surface area (Å²) in [6, 6.07) is 10.4. The fraction of sp³-hybridized carbons (Fsp3) is 0.412. The van der Waals surface area contributed by atoms with Gasteiger partial charge in [-0.3, -0.25) is 9.78 Å². The fourth-order valence-corrected chi connectivity index (χ4v) is 2.99. The molecule has 1 aliphatic heterocycles. The second-order valence-corrected chi connectivity index (χ2v) is 6.07. The summed E-state index contributed by atoms with van der Waals surface area (Å²) in [5.41, 5.74) is 4.98. The lowest BCUT2D eigenvalue weighted by molar-refractivity contribution is -0.928. The molecule has 132 valence electrons. The molecule has 2 aromatic rings. The zero-order valence-corrected chi connectivity index (χ0v) is 14.5. The number of anilines is 1. The second-order valence-electron chi connectivity index (χ2n) is 6.07. The second kappa shape index (κ2) is 8.00. The number of hydrogen-bond acceptors (Lipinski definition) is 6. The molecule has 0 saturated carbocycles. The van der Waals surface area contributed by atoms with Crippen LogP contribution in [0.3, 0.4) is 0 Å². The first-order valence-electron chi connectivity index (χ1n) is 8.36. The Hall–Kier alpha value is -2.58. The molecule has 1 atom stereocenters. The Morgan fingerprint density at radius 3 is 2.68 bits per heavy atom. The fourth-order valence-electron chi connectivity index (χ4n) is 2.99. The predicted molar refractivity (Wildman–Crippen MR) is 94.8 cm³/mol. The third-order valence-electron chi connectivity index (χ3n) is 4.29. The maximum absolute atomic E-state index is 11.6. The number of hydrogen-bond donors (Lipinski definition) is 3. The Morgan fingerprint density at radius 1 is 1.28 bits per heavy atom. The number of rotatable bonds is 5. The van der Waals surface area contributed by atoms with Gasteiger partial charge >= 0.3 is 0 Å². The van der Waals surface area contributed by atoms with Crippen molar-refractivity contribution in [2.24, 2.45) is 5.10 Å². The number of ether oxygens (including phenoxy) is 1. The number of aryl methyl sites for hydroxylation is 1. The average Bonchev–Trinajstić information content (AvgIpc) is 2.65. The highest BCUT2D eigenvalue weighted by Crippen LogP contribution is 2.12. The summed E-state index contributed by atoms with van der Waals surface area (Å²) in [5, 5.41) is 12.2. The number of nitrogens with one attached hydrogen (secondary N) is 3. The number of benzene rings is 1. The summed E-state index contributed by atoms with van der Waals surface area (Å²) in [7, 11) is 0. The van der Waals surface area contributed by atoms with E-state index in [1.54, 1.807) is 6.92 Å². The van der Waals surface area contributed by atoms with Crippen molar-refractivity contribution in [3.8, 4) is 0 Å². The number of aromatic amines is 1. The summed E-state index contributed by atoms with van der Waals surface area (Å²) in [5.74, 6) is 0.235. The van der Waals surface area contributed by atoms with Gasteiger partial charge in [0.2, 0.25) is 5.95 Å². The third kappa shape index (κ3) is 4.28. The molecule has 0 unspecified atom stereocenters. The first kappa shape index (κ1) is 17.2. The Bertz CT molecular complexity index is 783. The van der Waals surface area contributed by atoms with E-state index in [1.165, 1.54) is 10.5 Å². The minimum Gasteiger partial charge on any atom is -0.370 e. The van der Waals surface area contributed by atoms with Gasteiger partial charge in [0.05, 0.1) is 18.9 Å². The molecular formula is C17H23N6O2+. The number of aromatic nitrogens is 3. The van der Waals surface area contributed by atoms with Crippen LogP contribution in [-0.2, 0) is 4.74 Å². The van der Waals surface area contributed by atoms with E-state index in [2.05, 4.69) is 37.8 Å². The summed E-state index contributed by atoms with van der Waals surface area (Å²) >= 11 is 0. The maximum Gasteiger partial charge on any atom is 0.274 e. The van der Waals surface area contributed by atoms with E-state index in [9.17, 15) is 4.79 Å². The standard InChI is InChI=1S/C17H22N6O2/c1-12(19-21-17-18-16(24)13(2)20-22-17)15(14-6-4-3-5-7-14)23-8-10-25-11-9-23/h3-7,15H,8-11H2,1-2H3,(H2,18,21,22,24)/p+1/b19-12-/t15-/m1/s1. The molecule has 3 rings (SSSR count). The first-order valence-corrected chi connectivity index (χ1v) is 8.36. The lowest BCUT2D eigenvalue weighted by Crippen LogP contribution is -3.15. The molecule has 1 aromatic heterocycles. The molecule has 0 bridgehead atoms. The monoisotopic (exact) mass is 343 g/mol. The summed E-state index contributed by atoms with van der Waals surface area (Å²) in [4.78, 5) is 15.6. The highest BCUT2D eigenvalue weighted by atomic mass is 16.5. The number of H-pyrrole nitrogens is 1. The van der Waals surface area contributed by atoms with Gasteiger partial charge in [-0.25, -0.2) is 5.43 Å². The zero-order chi connectivity index (χ0) is 17.6. The molecule has 25 heavy (non-hydrogen) atoms. The predicted octanol–water partition coefficient (Wildman–Crippen LogP) is -0.0825. The van der Waals surface area contributed by atoms with Crippen molar-refractivity contribution in [2.75, 3.05) is 31.7 Å². The Labute approximate surface area is 145 Å². The van der Waals surface area contributed by atoms with Crippen LogP contribution in [0.2, 0.25) is 0 Å². The van der Waals surface area contributed by atoms with Gasteiger partial charge in [0.25, 0.3) is 5.56 Å². The summed E-state index contributed by atoms with van der Waals surface area (Å²) in [6.07, 6.45) is 0. The van der Waals surface area contributed by atoms with Gasteiger partial charge in [-0.15, -0.1) is 10.2 Å². The largest absolute Gasteiger partial charge is 0.370 e. The van der Waals surface area contributed by atoms with Gasteiger partial charge in [-0.2, -0.15) is 5.10 Å². The van der Waals surface area contributed by atoms with Crippen LogP contribution >= 0.6 is 0 Å². The molecule has 8 nitrogen and oxygen atoms in total. The highest BCUT2D eigenvalue weighted by molar-refractivity contribution is 5.87. The average molecular weight is 343 g/mol. The van der Waals surface area contributed by atoms with Crippen molar-refractivity contribution < 1.29 is 9.64 Å². The molecule has 1 fully saturated rings. The lowest BCUT2D eigenvalue weighted by Gasteiger charge is -2.31. The minimum absolute atomic E-state index is 0.114. The maximum atomic E-state index is 11.6. The van der Waals surface area contributed by atoms with E-state index >= 15 is 0 Å². The summed E-state index contributed by atoms with van der Waals surface area (Å²) < 4.78 is 5.48. The van der Waals surface area contributed by atoms with Gasteiger partial charge in [0, 0.05) is 5.56 Å². The molecule has 0 amide bonds. The van der Waals surface area contributed by atoms with Gasteiger partial charge in [0.1, 0.15) is 18.8 Å². The Balaban J connectivity index is 1.83. The SMILES string of the molecule is C/C(=N/Nc1nnc(C)c(=O)[nH]1)[C@H](c1ccccc1)[NH+]1CCOCC1. The Kier molecular flexibility index (Phi) is 5.52. The quantitative estimate of drug-likeness (QED) is 0.521. The first-order chi connectivity index (χ1) is 12.1. The van der Waals surface area contributed by atoms with Crippen LogP contribution < -0.4 is 15.9 Å². The van der Waals surface area contributed by atoms with E-state index in [1.807, 2.05) is 25.1 Å². The van der Waals surface area contributed by atoms with Crippen LogP contribution in [0.15, 0.2) is 40.2 Å². The van der Waals surface area contributed by atoms with Crippen LogP contribution in [0.1, 0.15) is 24.2 Å². The van der Waals surface area contributed by atoms with Crippen LogP contribution in [0.4, 0.5) is 5.95 Å². The van der Waals surface area contributed by atoms with E-state index in [-0.39, 0.29) is 17.5 Å². The third-order valence-corrected chi connectivity index (χ3v) is 4.29. The number of hydrazone groups is 1. The Morgan fingerprint density at radius 2 is 2.00 bits per heavy atom. The zero-order valence-electron chi connectivity index (χ0n) is 14.5. The topological polar surface area (TPSA) is 96.7 Å². The van der Waals surface area contributed by atoms with Crippen molar-refractivity contribution >= 4 is 11.7 Å². The molecule has 1 aromatic carbocycles.